The Balaban J connectivity index is 1.28. The summed E-state index contributed by atoms with van der Waals surface area (Å²) in [7, 11) is 5.84. The zero-order valence-corrected chi connectivity index (χ0v) is 30.0. The van der Waals surface area contributed by atoms with Crippen molar-refractivity contribution in [1.82, 2.24) is 20.6 Å². The molecule has 8 atom stereocenters. The van der Waals surface area contributed by atoms with Crippen molar-refractivity contribution in [3.8, 4) is 16.9 Å². The number of nitrogens with zero attached hydrogens (tertiary/aromatic N) is 3. The molecule has 3 aliphatic carbocycles. The Bertz CT molecular complexity index is 1440. The van der Waals surface area contributed by atoms with Crippen molar-refractivity contribution in [2.75, 3.05) is 58.8 Å². The molecule has 2 aliphatic heterocycles. The van der Waals surface area contributed by atoms with Crippen LogP contribution in [0.2, 0.25) is 0 Å². The molecule has 2 heterocycles. The van der Waals surface area contributed by atoms with Gasteiger partial charge >= 0.3 is 0 Å². The van der Waals surface area contributed by atoms with Crippen molar-refractivity contribution in [1.29, 1.82) is 0 Å². The monoisotopic (exact) mass is 662 g/mol. The van der Waals surface area contributed by atoms with Gasteiger partial charge in [0.05, 0.1) is 25.9 Å². The van der Waals surface area contributed by atoms with Gasteiger partial charge in [-0.15, -0.1) is 0 Å². The van der Waals surface area contributed by atoms with E-state index < -0.39 is 24.2 Å². The summed E-state index contributed by atoms with van der Waals surface area (Å²) in [5.74, 6) is 1.82. The third-order valence-corrected chi connectivity index (χ3v) is 12.2. The molecule has 7 rings (SSSR count). The van der Waals surface area contributed by atoms with E-state index in [2.05, 4.69) is 79.6 Å². The molecule has 5 fully saturated rings. The van der Waals surface area contributed by atoms with Crippen LogP contribution in [0.25, 0.3) is 11.1 Å². The first-order valence-electron chi connectivity index (χ1n) is 17.9. The molecule has 1 amide bonds. The lowest BCUT2D eigenvalue weighted by Gasteiger charge is -2.62. The van der Waals surface area contributed by atoms with Crippen molar-refractivity contribution >= 4 is 11.6 Å². The number of piperazine rings is 1. The molecular weight excluding hydrogens is 604 g/mol. The standard InChI is InChI=1S/C38H58N6O4/c1-23-31-18-28(38(31,3)4)19-32(23)41-37(46)35-34(24(2)45)33(20-39)48-44(35)22-26-9-8-10-30(36(26)47-7)27-15-25(16-29(17-27)42(5)6)21-43-13-11-40-12-14-43/h8-10,15-17,23-24,28,31-35,40,45H,11-14,18-22,39H2,1-7H3,(H,41,46)/t23-,24-,28+,31-,32-,33-,34-,35-/m0/s1. The van der Waals surface area contributed by atoms with E-state index in [0.717, 1.165) is 67.3 Å². The van der Waals surface area contributed by atoms with E-state index >= 15 is 0 Å². The molecule has 5 N–H and O–H groups in total. The van der Waals surface area contributed by atoms with Crippen molar-refractivity contribution < 1.29 is 19.5 Å². The van der Waals surface area contributed by atoms with Crippen LogP contribution in [0, 0.1) is 29.1 Å². The van der Waals surface area contributed by atoms with Crippen molar-refractivity contribution in [3.63, 3.8) is 0 Å². The zero-order valence-electron chi connectivity index (χ0n) is 30.0. The minimum absolute atomic E-state index is 0.0980. The number of hydrogen-bond acceptors (Lipinski definition) is 9. The smallest absolute Gasteiger partial charge is 0.240 e. The number of aliphatic hydroxyl groups excluding tert-OH is 1. The van der Waals surface area contributed by atoms with Crippen LogP contribution in [0.3, 0.4) is 0 Å². The number of aliphatic hydroxyl groups is 1. The van der Waals surface area contributed by atoms with Gasteiger partial charge < -0.3 is 31.1 Å². The van der Waals surface area contributed by atoms with Gasteiger partial charge in [0.2, 0.25) is 5.91 Å². The average Bonchev–Trinajstić information content (AvgIpc) is 3.44. The number of rotatable bonds is 11. The van der Waals surface area contributed by atoms with Crippen molar-refractivity contribution in [2.24, 2.45) is 34.8 Å². The highest BCUT2D eigenvalue weighted by molar-refractivity contribution is 5.83. The SMILES string of the molecule is COc1c(CN2O[C@@H](CN)[C@H]([C@H](C)O)[C@H]2C(=O)N[C@H]2C[C@H]3C[C@@H]([C@@H]2C)C3(C)C)cccc1-c1cc(CN2CCNCC2)cc(N(C)C)c1. The van der Waals surface area contributed by atoms with Gasteiger partial charge in [-0.3, -0.25) is 14.5 Å². The number of anilines is 1. The molecule has 264 valence electrons. The highest BCUT2D eigenvalue weighted by Crippen LogP contribution is 2.61. The van der Waals surface area contributed by atoms with Gasteiger partial charge in [0, 0.05) is 82.1 Å². The Hall–Kier alpha value is -2.73. The third-order valence-electron chi connectivity index (χ3n) is 12.2. The lowest BCUT2D eigenvalue weighted by Crippen LogP contribution is -2.62. The van der Waals surface area contributed by atoms with E-state index in [1.807, 2.05) is 12.1 Å². The van der Waals surface area contributed by atoms with Gasteiger partial charge in [-0.2, -0.15) is 5.06 Å². The van der Waals surface area contributed by atoms with E-state index in [9.17, 15) is 9.90 Å². The molecule has 2 aromatic rings. The maximum atomic E-state index is 14.2. The Labute approximate surface area is 287 Å². The maximum absolute atomic E-state index is 14.2. The second-order valence-corrected chi connectivity index (χ2v) is 15.6. The van der Waals surface area contributed by atoms with E-state index in [-0.39, 0.29) is 18.5 Å². The normalized spacial score (nSPS) is 30.8. The molecule has 3 saturated carbocycles. The van der Waals surface area contributed by atoms with Gasteiger partial charge in [0.15, 0.2) is 0 Å². The number of amides is 1. The van der Waals surface area contributed by atoms with Gasteiger partial charge in [0.25, 0.3) is 0 Å². The number of hydroxylamine groups is 2. The van der Waals surface area contributed by atoms with Crippen LogP contribution < -0.4 is 26.0 Å². The summed E-state index contributed by atoms with van der Waals surface area (Å²) < 4.78 is 6.14. The highest BCUT2D eigenvalue weighted by atomic mass is 16.7. The average molecular weight is 663 g/mol. The van der Waals surface area contributed by atoms with E-state index in [1.54, 1.807) is 19.1 Å². The second kappa shape index (κ2) is 14.2. The van der Waals surface area contributed by atoms with Crippen LogP contribution in [0.1, 0.15) is 51.7 Å². The van der Waals surface area contributed by atoms with Gasteiger partial charge in [-0.25, -0.2) is 0 Å². The van der Waals surface area contributed by atoms with Crippen LogP contribution in [-0.4, -0.2) is 99.2 Å². The van der Waals surface area contributed by atoms with Crippen LogP contribution in [0.4, 0.5) is 5.69 Å². The number of hydrogen-bond donors (Lipinski definition) is 4. The molecule has 2 aromatic carbocycles. The third kappa shape index (κ3) is 6.72. The lowest BCUT2D eigenvalue weighted by atomic mass is 9.45. The summed E-state index contributed by atoms with van der Waals surface area (Å²) in [6.45, 7) is 14.2. The van der Waals surface area contributed by atoms with Gasteiger partial charge in [-0.1, -0.05) is 39.0 Å². The number of nitrogens with one attached hydrogen (secondary N) is 2. The Morgan fingerprint density at radius 2 is 1.94 bits per heavy atom. The largest absolute Gasteiger partial charge is 0.496 e. The highest BCUT2D eigenvalue weighted by Gasteiger charge is 2.57. The van der Waals surface area contributed by atoms with Crippen LogP contribution in [0.15, 0.2) is 36.4 Å². The summed E-state index contributed by atoms with van der Waals surface area (Å²) in [5, 5.41) is 19.6. The molecule has 10 nitrogen and oxygen atoms in total. The quantitative estimate of drug-likeness (QED) is 0.287. The molecule has 0 spiro atoms. The van der Waals surface area contributed by atoms with Crippen molar-refractivity contribution in [2.45, 2.75) is 77.9 Å². The zero-order chi connectivity index (χ0) is 34.3. The summed E-state index contributed by atoms with van der Waals surface area (Å²) in [6, 6.07) is 12.3. The number of fused-ring (bicyclic) bond motifs is 2. The molecular formula is C38H58N6O4. The predicted octanol–water partition coefficient (Wildman–Crippen LogP) is 3.46. The van der Waals surface area contributed by atoms with Crippen LogP contribution in [-0.2, 0) is 22.7 Å². The summed E-state index contributed by atoms with van der Waals surface area (Å²) in [6.07, 6.45) is 0.986. The predicted molar refractivity (Wildman–Crippen MR) is 190 cm³/mol. The second-order valence-electron chi connectivity index (χ2n) is 15.6. The fourth-order valence-electron chi connectivity index (χ4n) is 9.18. The lowest BCUT2D eigenvalue weighted by molar-refractivity contribution is -0.175. The fraction of sp³-hybridized carbons (Fsp3) is 0.658. The molecule has 0 aromatic heterocycles. The molecule has 48 heavy (non-hydrogen) atoms. The molecule has 5 aliphatic rings. The summed E-state index contributed by atoms with van der Waals surface area (Å²) >= 11 is 0. The number of carbonyl (C=O) groups excluding carboxylic acids is 1. The molecule has 2 saturated heterocycles. The number of ether oxygens (including phenoxy) is 1. The molecule has 0 unspecified atom stereocenters. The number of nitrogens with two attached hydrogens (primary N) is 1. The Kier molecular flexibility index (Phi) is 10.4. The minimum atomic E-state index is -0.772. The number of methoxy groups -OCH3 is 1. The number of benzene rings is 2. The Morgan fingerprint density at radius 1 is 1.19 bits per heavy atom. The fourth-order valence-corrected chi connectivity index (χ4v) is 9.18. The number of carbonyl (C=O) groups is 1. The van der Waals surface area contributed by atoms with Gasteiger partial charge in [0.1, 0.15) is 11.8 Å². The first-order valence-corrected chi connectivity index (χ1v) is 17.9. The van der Waals surface area contributed by atoms with E-state index in [1.165, 1.54) is 12.0 Å². The van der Waals surface area contributed by atoms with E-state index in [4.69, 9.17) is 15.3 Å². The first kappa shape index (κ1) is 35.1. The van der Waals surface area contributed by atoms with Crippen molar-refractivity contribution in [3.05, 3.63) is 47.5 Å². The van der Waals surface area contributed by atoms with Crippen LogP contribution >= 0.6 is 0 Å². The maximum Gasteiger partial charge on any atom is 0.240 e. The van der Waals surface area contributed by atoms with Gasteiger partial charge in [-0.05, 0) is 72.3 Å². The summed E-state index contributed by atoms with van der Waals surface area (Å²) in [4.78, 5) is 25.3. The Morgan fingerprint density at radius 3 is 2.56 bits per heavy atom. The number of para-hydroxylation sites is 1. The molecule has 2 bridgehead atoms. The first-order chi connectivity index (χ1) is 22.9. The topological polar surface area (TPSA) is 116 Å². The summed E-state index contributed by atoms with van der Waals surface area (Å²) in [5.41, 5.74) is 11.9. The van der Waals surface area contributed by atoms with Crippen LogP contribution in [0.5, 0.6) is 5.75 Å². The van der Waals surface area contributed by atoms with E-state index in [0.29, 0.717) is 29.7 Å². The molecule has 10 heteroatoms. The minimum Gasteiger partial charge on any atom is -0.496 e. The molecule has 0 radical (unpaired) electrons.